The van der Waals surface area contributed by atoms with Crippen LogP contribution >= 0.6 is 0 Å². The number of esters is 1. The summed E-state index contributed by atoms with van der Waals surface area (Å²) in [4.78, 5) is 25.3. The molecule has 0 fully saturated rings. The third kappa shape index (κ3) is 6.68. The highest BCUT2D eigenvalue weighted by Gasteiger charge is 2.23. The van der Waals surface area contributed by atoms with Crippen molar-refractivity contribution in [2.75, 3.05) is 11.9 Å². The van der Waals surface area contributed by atoms with Crippen LogP contribution in [0.5, 0.6) is 0 Å². The fourth-order valence-electron chi connectivity index (χ4n) is 3.27. The molecule has 0 aliphatic heterocycles. The highest BCUT2D eigenvalue weighted by Crippen LogP contribution is 2.31. The second-order valence-electron chi connectivity index (χ2n) is 10.3. The first-order valence-corrected chi connectivity index (χ1v) is 11.0. The lowest BCUT2D eigenvalue weighted by Gasteiger charge is -2.25. The van der Waals surface area contributed by atoms with Crippen LogP contribution in [-0.2, 0) is 20.4 Å². The number of ether oxygens (including phenoxy) is 1. The number of para-hydroxylation sites is 1. The van der Waals surface area contributed by atoms with Gasteiger partial charge in [-0.2, -0.15) is 0 Å². The predicted octanol–water partition coefficient (Wildman–Crippen LogP) is 6.59. The maximum atomic E-state index is 12.8. The minimum Gasteiger partial charge on any atom is -0.452 e. The number of benzene rings is 2. The lowest BCUT2D eigenvalue weighted by atomic mass is 9.79. The van der Waals surface area contributed by atoms with Gasteiger partial charge in [-0.05, 0) is 58.1 Å². The van der Waals surface area contributed by atoms with Crippen LogP contribution in [0.15, 0.2) is 42.5 Å². The van der Waals surface area contributed by atoms with E-state index in [0.717, 1.165) is 28.8 Å². The molecule has 0 aliphatic rings. The van der Waals surface area contributed by atoms with E-state index in [-0.39, 0.29) is 23.3 Å². The number of hydrogen-bond acceptors (Lipinski definition) is 3. The van der Waals surface area contributed by atoms with E-state index in [4.69, 9.17) is 4.74 Å². The van der Waals surface area contributed by atoms with Crippen molar-refractivity contribution >= 4 is 17.6 Å². The van der Waals surface area contributed by atoms with Gasteiger partial charge in [-0.1, -0.05) is 79.7 Å². The van der Waals surface area contributed by atoms with Gasteiger partial charge in [0.05, 0.1) is 5.56 Å². The first-order valence-electron chi connectivity index (χ1n) is 11.0. The van der Waals surface area contributed by atoms with Gasteiger partial charge in [-0.3, -0.25) is 4.79 Å². The summed E-state index contributed by atoms with van der Waals surface area (Å²) in [6, 6.07) is 13.6. The number of carbonyl (C=O) groups is 2. The largest absolute Gasteiger partial charge is 0.452 e. The van der Waals surface area contributed by atoms with E-state index >= 15 is 0 Å². The summed E-state index contributed by atoms with van der Waals surface area (Å²) < 4.78 is 5.37. The zero-order valence-electron chi connectivity index (χ0n) is 20.3. The summed E-state index contributed by atoms with van der Waals surface area (Å²) in [5.74, 6) is -0.496. The van der Waals surface area contributed by atoms with Crippen molar-refractivity contribution < 1.29 is 14.3 Å². The second-order valence-corrected chi connectivity index (χ2v) is 10.3. The van der Waals surface area contributed by atoms with Crippen molar-refractivity contribution in [2.24, 2.45) is 0 Å². The Labute approximate surface area is 187 Å². The lowest BCUT2D eigenvalue weighted by molar-refractivity contribution is -0.119. The third-order valence-electron chi connectivity index (χ3n) is 5.61. The minimum atomic E-state index is -0.484. The molecule has 2 rings (SSSR count). The summed E-state index contributed by atoms with van der Waals surface area (Å²) in [6.45, 7) is 16.6. The first-order chi connectivity index (χ1) is 14.3. The molecule has 2 aromatic rings. The van der Waals surface area contributed by atoms with Crippen LogP contribution in [0.2, 0.25) is 0 Å². The fourth-order valence-corrected chi connectivity index (χ4v) is 3.27. The van der Waals surface area contributed by atoms with E-state index in [2.05, 4.69) is 66.8 Å². The molecule has 1 amide bonds. The number of amides is 1. The van der Waals surface area contributed by atoms with Crippen LogP contribution < -0.4 is 5.32 Å². The van der Waals surface area contributed by atoms with Gasteiger partial charge in [-0.25, -0.2) is 4.79 Å². The monoisotopic (exact) mass is 423 g/mol. The van der Waals surface area contributed by atoms with E-state index < -0.39 is 5.97 Å². The first kappa shape index (κ1) is 24.6. The summed E-state index contributed by atoms with van der Waals surface area (Å²) in [5.41, 5.74) is 4.25. The van der Waals surface area contributed by atoms with Crippen LogP contribution in [-0.4, -0.2) is 18.5 Å². The molecule has 4 heteroatoms. The fraction of sp³-hybridized carbons (Fsp3) is 0.481. The molecule has 0 saturated heterocycles. The van der Waals surface area contributed by atoms with Crippen molar-refractivity contribution in [2.45, 2.75) is 78.6 Å². The average Bonchev–Trinajstić information content (AvgIpc) is 2.70. The molecule has 1 N–H and O–H groups in total. The van der Waals surface area contributed by atoms with Crippen molar-refractivity contribution in [3.63, 3.8) is 0 Å². The molecule has 0 heterocycles. The second kappa shape index (κ2) is 9.67. The molecule has 168 valence electrons. The lowest BCUT2D eigenvalue weighted by Crippen LogP contribution is -2.23. The Kier molecular flexibility index (Phi) is 7.69. The molecule has 1 unspecified atom stereocenters. The number of carbonyl (C=O) groups excluding carboxylic acids is 2. The molecule has 2 aromatic carbocycles. The molecule has 0 spiro atoms. The Balaban J connectivity index is 2.15. The Morgan fingerprint density at radius 3 is 2.00 bits per heavy atom. The van der Waals surface area contributed by atoms with E-state index in [1.54, 1.807) is 0 Å². The Bertz CT molecular complexity index is 900. The van der Waals surface area contributed by atoms with Crippen LogP contribution in [0.4, 0.5) is 5.69 Å². The number of anilines is 1. The van der Waals surface area contributed by atoms with Gasteiger partial charge < -0.3 is 10.1 Å². The molecule has 0 aromatic heterocycles. The van der Waals surface area contributed by atoms with Crippen molar-refractivity contribution in [1.82, 2.24) is 0 Å². The summed E-state index contributed by atoms with van der Waals surface area (Å²) in [7, 11) is 0. The van der Waals surface area contributed by atoms with Crippen LogP contribution in [0.25, 0.3) is 0 Å². The zero-order valence-corrected chi connectivity index (χ0v) is 20.3. The zero-order chi connectivity index (χ0) is 23.4. The van der Waals surface area contributed by atoms with Gasteiger partial charge in [0.15, 0.2) is 6.61 Å². The molecule has 0 saturated carbocycles. The highest BCUT2D eigenvalue weighted by atomic mass is 16.5. The minimum absolute atomic E-state index is 0.104. The molecule has 4 nitrogen and oxygen atoms in total. The van der Waals surface area contributed by atoms with Gasteiger partial charge in [-0.15, -0.1) is 0 Å². The average molecular weight is 424 g/mol. The number of hydrogen-bond donors (Lipinski definition) is 1. The number of rotatable bonds is 6. The van der Waals surface area contributed by atoms with Crippen LogP contribution in [0.1, 0.15) is 94.8 Å². The molecular weight excluding hydrogens is 386 g/mol. The van der Waals surface area contributed by atoms with Crippen LogP contribution in [0.3, 0.4) is 0 Å². The smallest absolute Gasteiger partial charge is 0.338 e. The molecular formula is C27H37NO3. The van der Waals surface area contributed by atoms with Gasteiger partial charge in [0.2, 0.25) is 0 Å². The van der Waals surface area contributed by atoms with Crippen molar-refractivity contribution in [3.05, 3.63) is 64.7 Å². The standard InChI is InChI=1S/C27H37NO3/c1-9-18(2)22-12-10-11-13-23(22)28-24(29)17-31-25(30)19-14-20(26(3,4)5)16-21(15-19)27(6,7)8/h10-16,18H,9,17H2,1-8H3,(H,28,29). The topological polar surface area (TPSA) is 55.4 Å². The van der Waals surface area contributed by atoms with E-state index in [0.29, 0.717) is 11.5 Å². The van der Waals surface area contributed by atoms with Gasteiger partial charge in [0, 0.05) is 5.69 Å². The van der Waals surface area contributed by atoms with Gasteiger partial charge in [0.1, 0.15) is 0 Å². The highest BCUT2D eigenvalue weighted by molar-refractivity contribution is 5.96. The van der Waals surface area contributed by atoms with Gasteiger partial charge >= 0.3 is 5.97 Å². The molecule has 0 bridgehead atoms. The quantitative estimate of drug-likeness (QED) is 0.533. The maximum absolute atomic E-state index is 12.8. The Morgan fingerprint density at radius 1 is 0.935 bits per heavy atom. The summed E-state index contributed by atoms with van der Waals surface area (Å²) >= 11 is 0. The van der Waals surface area contributed by atoms with E-state index in [1.807, 2.05) is 36.4 Å². The maximum Gasteiger partial charge on any atom is 0.338 e. The molecule has 31 heavy (non-hydrogen) atoms. The van der Waals surface area contributed by atoms with E-state index in [1.165, 1.54) is 0 Å². The normalized spacial score (nSPS) is 12.9. The Morgan fingerprint density at radius 2 is 1.48 bits per heavy atom. The SMILES string of the molecule is CCC(C)c1ccccc1NC(=O)COC(=O)c1cc(C(C)(C)C)cc(C(C)(C)C)c1. The van der Waals surface area contributed by atoms with E-state index in [9.17, 15) is 9.59 Å². The van der Waals surface area contributed by atoms with Gasteiger partial charge in [0.25, 0.3) is 5.91 Å². The Hall–Kier alpha value is -2.62. The molecule has 0 aliphatic carbocycles. The summed E-state index contributed by atoms with van der Waals surface area (Å²) in [5, 5.41) is 2.89. The van der Waals surface area contributed by atoms with Crippen molar-refractivity contribution in [1.29, 1.82) is 0 Å². The molecule has 0 radical (unpaired) electrons. The summed E-state index contributed by atoms with van der Waals surface area (Å²) in [6.07, 6.45) is 0.974. The van der Waals surface area contributed by atoms with Crippen LogP contribution in [0, 0.1) is 0 Å². The predicted molar refractivity (Wildman–Crippen MR) is 128 cm³/mol. The number of nitrogens with one attached hydrogen (secondary N) is 1. The third-order valence-corrected chi connectivity index (χ3v) is 5.61. The van der Waals surface area contributed by atoms with Crippen molar-refractivity contribution in [3.8, 4) is 0 Å². The molecule has 1 atom stereocenters.